The van der Waals surface area contributed by atoms with Crippen LogP contribution in [0, 0.1) is 0 Å². The maximum atomic E-state index is 13.1. The predicted molar refractivity (Wildman–Crippen MR) is 418 cm³/mol. The van der Waals surface area contributed by atoms with Crippen molar-refractivity contribution in [3.8, 4) is 0 Å². The zero-order valence-corrected chi connectivity index (χ0v) is 66.8. The lowest BCUT2D eigenvalue weighted by atomic mass is 10.1. The van der Waals surface area contributed by atoms with Crippen LogP contribution in [0.4, 0.5) is 0 Å². The molecule has 3 N–H and O–H groups in total. The van der Waals surface area contributed by atoms with E-state index in [4.69, 9.17) is 37.0 Å². The van der Waals surface area contributed by atoms with Crippen LogP contribution in [0.3, 0.4) is 0 Å². The molecule has 19 heteroatoms. The van der Waals surface area contributed by atoms with E-state index in [0.29, 0.717) is 25.7 Å². The van der Waals surface area contributed by atoms with E-state index in [2.05, 4.69) is 101 Å². The van der Waals surface area contributed by atoms with Crippen molar-refractivity contribution in [1.82, 2.24) is 0 Å². The molecule has 0 aliphatic heterocycles. The number of hydrogen-bond acceptors (Lipinski definition) is 15. The van der Waals surface area contributed by atoms with Gasteiger partial charge >= 0.3 is 39.5 Å². The highest BCUT2D eigenvalue weighted by molar-refractivity contribution is 7.47. The Morgan fingerprint density at radius 1 is 0.275 bits per heavy atom. The summed E-state index contributed by atoms with van der Waals surface area (Å²) in [7, 11) is -9.96. The molecule has 0 saturated heterocycles. The molecule has 0 heterocycles. The highest BCUT2D eigenvalue weighted by Crippen LogP contribution is 2.45. The number of rotatable bonds is 78. The first-order valence-corrected chi connectivity index (χ1v) is 44.2. The molecule has 0 amide bonds. The Morgan fingerprint density at radius 2 is 0.480 bits per heavy atom. The van der Waals surface area contributed by atoms with Gasteiger partial charge in [-0.1, -0.05) is 280 Å². The van der Waals surface area contributed by atoms with Gasteiger partial charge < -0.3 is 33.8 Å². The van der Waals surface area contributed by atoms with Gasteiger partial charge in [0.25, 0.3) is 0 Å². The zero-order chi connectivity index (χ0) is 74.6. The van der Waals surface area contributed by atoms with E-state index in [1.165, 1.54) is 122 Å². The highest BCUT2D eigenvalue weighted by atomic mass is 31.2. The number of carbonyl (C=O) groups is 4. The molecular formula is C83H150O17P2. The number of unbranched alkanes of at least 4 members (excludes halogenated alkanes) is 40. The number of allylic oxidation sites excluding steroid dienone is 12. The summed E-state index contributed by atoms with van der Waals surface area (Å²) in [6.07, 6.45) is 77.2. The molecular weight excluding hydrogens is 1330 g/mol. The molecule has 0 aromatic heterocycles. The van der Waals surface area contributed by atoms with Crippen molar-refractivity contribution in [2.24, 2.45) is 0 Å². The van der Waals surface area contributed by atoms with E-state index < -0.39 is 97.5 Å². The largest absolute Gasteiger partial charge is 0.472 e. The fourth-order valence-electron chi connectivity index (χ4n) is 11.3. The van der Waals surface area contributed by atoms with Crippen LogP contribution in [0.25, 0.3) is 0 Å². The van der Waals surface area contributed by atoms with Crippen molar-refractivity contribution in [1.29, 1.82) is 0 Å². The van der Waals surface area contributed by atoms with Crippen LogP contribution < -0.4 is 0 Å². The Balaban J connectivity index is 5.36. The Labute approximate surface area is 622 Å². The topological polar surface area (TPSA) is 237 Å². The molecule has 17 nitrogen and oxygen atoms in total. The van der Waals surface area contributed by atoms with Gasteiger partial charge in [-0.15, -0.1) is 0 Å². The number of hydrogen-bond donors (Lipinski definition) is 3. The van der Waals surface area contributed by atoms with E-state index in [9.17, 15) is 43.2 Å². The van der Waals surface area contributed by atoms with Gasteiger partial charge in [-0.05, 0) is 141 Å². The van der Waals surface area contributed by atoms with Gasteiger partial charge in [-0.25, -0.2) is 9.13 Å². The molecule has 0 rings (SSSR count). The number of aliphatic hydroxyl groups is 1. The van der Waals surface area contributed by atoms with Gasteiger partial charge in [-0.3, -0.25) is 37.3 Å². The Hall–Kier alpha value is -3.50. The Kier molecular flexibility index (Phi) is 73.1. The molecule has 0 aromatic rings. The van der Waals surface area contributed by atoms with E-state index in [0.717, 1.165) is 173 Å². The van der Waals surface area contributed by atoms with Crippen molar-refractivity contribution in [2.45, 2.75) is 393 Å². The zero-order valence-electron chi connectivity index (χ0n) is 65.0. The van der Waals surface area contributed by atoms with E-state index in [-0.39, 0.29) is 25.7 Å². The monoisotopic (exact) mass is 1480 g/mol. The van der Waals surface area contributed by atoms with Crippen LogP contribution in [0.5, 0.6) is 0 Å². The first-order chi connectivity index (χ1) is 49.7. The average Bonchev–Trinajstić information content (AvgIpc) is 0.926. The second-order valence-corrected chi connectivity index (χ2v) is 30.6. The molecule has 3 unspecified atom stereocenters. The normalized spacial score (nSPS) is 14.2. The number of aliphatic hydroxyl groups excluding tert-OH is 1. The predicted octanol–water partition coefficient (Wildman–Crippen LogP) is 24.0. The molecule has 0 bridgehead atoms. The third-order valence-corrected chi connectivity index (χ3v) is 19.5. The third-order valence-electron chi connectivity index (χ3n) is 17.6. The summed E-state index contributed by atoms with van der Waals surface area (Å²) in [5, 5.41) is 10.6. The molecule has 102 heavy (non-hydrogen) atoms. The van der Waals surface area contributed by atoms with Gasteiger partial charge in [0, 0.05) is 25.7 Å². The first kappa shape index (κ1) is 98.5. The third kappa shape index (κ3) is 74.8. The number of phosphoric ester groups is 2. The van der Waals surface area contributed by atoms with Gasteiger partial charge in [0.1, 0.15) is 19.3 Å². The summed E-state index contributed by atoms with van der Waals surface area (Å²) in [6, 6.07) is 0. The molecule has 0 aliphatic carbocycles. The molecule has 0 radical (unpaired) electrons. The molecule has 0 fully saturated rings. The van der Waals surface area contributed by atoms with Crippen LogP contribution >= 0.6 is 15.6 Å². The summed E-state index contributed by atoms with van der Waals surface area (Å²) >= 11 is 0. The summed E-state index contributed by atoms with van der Waals surface area (Å²) in [6.45, 7) is 4.83. The van der Waals surface area contributed by atoms with Crippen molar-refractivity contribution >= 4 is 39.5 Å². The number of carbonyl (C=O) groups excluding carboxylic acids is 4. The Morgan fingerprint density at radius 3 is 0.765 bits per heavy atom. The van der Waals surface area contributed by atoms with Gasteiger partial charge in [-0.2, -0.15) is 0 Å². The lowest BCUT2D eigenvalue weighted by molar-refractivity contribution is -0.161. The fourth-order valence-corrected chi connectivity index (χ4v) is 12.9. The minimum Gasteiger partial charge on any atom is -0.462 e. The second-order valence-electron chi connectivity index (χ2n) is 27.7. The lowest BCUT2D eigenvalue weighted by Gasteiger charge is -2.21. The molecule has 0 spiro atoms. The summed E-state index contributed by atoms with van der Waals surface area (Å²) in [5.41, 5.74) is 0. The van der Waals surface area contributed by atoms with Crippen LogP contribution in [0.15, 0.2) is 72.9 Å². The van der Waals surface area contributed by atoms with Gasteiger partial charge in [0.15, 0.2) is 12.2 Å². The fraction of sp³-hybridized carbons (Fsp3) is 0.807. The second kappa shape index (κ2) is 75.7. The standard InChI is InChI=1S/C83H150O17P2/c1-5-9-13-17-21-25-29-33-37-38-42-44-48-52-56-60-64-68-81(86)94-74-79(100-83(88)70-66-62-58-54-50-46-41-36-32-28-24-20-16-12-8-4)76-98-102(91,92)96-72-77(84)71-95-101(89,90)97-75-78(99-82(87)69-65-61-57-53-49-45-40-35-31-27-23-19-15-11-7-3)73-93-80(85)67-63-59-55-51-47-43-39-34-30-26-22-18-14-10-6-2/h22,24,26-28,31,33-34,36-37,39,41,77-79,84H,5-21,23,25,29-30,32,35,38,40,42-76H2,1-4H3,(H,89,90)(H,91,92)/t77?,78-,79-/m1/s1. The van der Waals surface area contributed by atoms with E-state index in [1.54, 1.807) is 0 Å². The summed E-state index contributed by atoms with van der Waals surface area (Å²) in [4.78, 5) is 73.1. The van der Waals surface area contributed by atoms with Crippen LogP contribution in [0.2, 0.25) is 0 Å². The minimum absolute atomic E-state index is 0.0809. The quantitative estimate of drug-likeness (QED) is 0.0169. The van der Waals surface area contributed by atoms with E-state index in [1.807, 2.05) is 0 Å². The minimum atomic E-state index is -4.98. The van der Waals surface area contributed by atoms with Gasteiger partial charge in [0.2, 0.25) is 0 Å². The van der Waals surface area contributed by atoms with Gasteiger partial charge in [0.05, 0.1) is 26.4 Å². The van der Waals surface area contributed by atoms with Crippen LogP contribution in [-0.2, 0) is 65.4 Å². The molecule has 0 aliphatic rings. The Bertz CT molecular complexity index is 2210. The molecule has 5 atom stereocenters. The van der Waals surface area contributed by atoms with Crippen LogP contribution in [-0.4, -0.2) is 96.7 Å². The molecule has 594 valence electrons. The lowest BCUT2D eigenvalue weighted by Crippen LogP contribution is -2.30. The van der Waals surface area contributed by atoms with Crippen molar-refractivity contribution in [3.63, 3.8) is 0 Å². The summed E-state index contributed by atoms with van der Waals surface area (Å²) in [5.74, 6) is -2.19. The summed E-state index contributed by atoms with van der Waals surface area (Å²) < 4.78 is 68.7. The molecule has 0 aromatic carbocycles. The van der Waals surface area contributed by atoms with E-state index >= 15 is 0 Å². The van der Waals surface area contributed by atoms with Crippen molar-refractivity contribution in [3.05, 3.63) is 72.9 Å². The highest BCUT2D eigenvalue weighted by Gasteiger charge is 2.30. The smallest absolute Gasteiger partial charge is 0.462 e. The number of ether oxygens (including phenoxy) is 4. The van der Waals surface area contributed by atoms with Crippen molar-refractivity contribution < 1.29 is 80.2 Å². The number of phosphoric acid groups is 2. The maximum Gasteiger partial charge on any atom is 0.472 e. The molecule has 0 saturated carbocycles. The number of esters is 4. The maximum absolute atomic E-state index is 13.1. The SMILES string of the molecule is CCCCCC=CCC=CCCCCCCCC(=O)OC[C@H](COP(=O)(O)OCC(O)COP(=O)(O)OC[C@@H](COC(=O)CCCCCCCCCC=CCCCCCCCC)OC(=O)CCCCCCCC=CCC=CCCCCC)OC(=O)CCCCCCCCCC=CCCCCCC. The van der Waals surface area contributed by atoms with Crippen molar-refractivity contribution in [2.75, 3.05) is 39.6 Å². The van der Waals surface area contributed by atoms with Crippen LogP contribution in [0.1, 0.15) is 374 Å². The first-order valence-electron chi connectivity index (χ1n) is 41.2. The average molecular weight is 1480 g/mol.